The number of furan rings is 1. The summed E-state index contributed by atoms with van der Waals surface area (Å²) in [6.45, 7) is 3.52. The van der Waals surface area contributed by atoms with Crippen LogP contribution >= 0.6 is 0 Å². The maximum absolute atomic E-state index is 12.7. The van der Waals surface area contributed by atoms with Crippen molar-refractivity contribution >= 4 is 17.4 Å². The number of ether oxygens (including phenoxy) is 1. The van der Waals surface area contributed by atoms with E-state index >= 15 is 0 Å². The van der Waals surface area contributed by atoms with Crippen molar-refractivity contribution in [3.05, 3.63) is 54.3 Å². The number of carbonyl (C=O) groups excluding carboxylic acids is 1. The Hall–Kier alpha value is -3.35. The van der Waals surface area contributed by atoms with Crippen molar-refractivity contribution in [1.29, 1.82) is 0 Å². The molecular formula is C22H24N4O3. The molecule has 0 atom stereocenters. The number of nitrogens with one attached hydrogen (secondary N) is 1. The average molecular weight is 392 g/mol. The van der Waals surface area contributed by atoms with Gasteiger partial charge < -0.3 is 19.4 Å². The minimum atomic E-state index is -0.0354. The maximum atomic E-state index is 12.7. The van der Waals surface area contributed by atoms with Gasteiger partial charge in [0.1, 0.15) is 11.4 Å². The van der Waals surface area contributed by atoms with E-state index in [4.69, 9.17) is 9.15 Å². The zero-order chi connectivity index (χ0) is 20.2. The van der Waals surface area contributed by atoms with Crippen LogP contribution in [0.5, 0.6) is 5.75 Å². The number of rotatable bonds is 5. The Labute approximate surface area is 169 Å². The number of carbonyl (C=O) groups is 1. The molecule has 7 nitrogen and oxygen atoms in total. The molecule has 0 aliphatic carbocycles. The summed E-state index contributed by atoms with van der Waals surface area (Å²) in [6.07, 6.45) is 3.15. The summed E-state index contributed by atoms with van der Waals surface area (Å²) in [4.78, 5) is 14.9. The molecule has 1 saturated heterocycles. The SMILES string of the molecule is COc1ccc(C)cc1NC(=O)C1CCN(c2ccc(-c3ccco3)nn2)CC1. The summed E-state index contributed by atoms with van der Waals surface area (Å²) in [5.41, 5.74) is 2.51. The molecule has 3 heterocycles. The molecule has 1 aliphatic rings. The van der Waals surface area contributed by atoms with E-state index in [1.54, 1.807) is 13.4 Å². The third-order valence-electron chi connectivity index (χ3n) is 5.23. The number of methoxy groups -OCH3 is 1. The van der Waals surface area contributed by atoms with Gasteiger partial charge in [-0.25, -0.2) is 0 Å². The molecule has 1 fully saturated rings. The summed E-state index contributed by atoms with van der Waals surface area (Å²) in [6, 6.07) is 13.3. The van der Waals surface area contributed by atoms with Gasteiger partial charge in [-0.3, -0.25) is 4.79 Å². The normalized spacial score (nSPS) is 14.6. The molecule has 1 amide bonds. The van der Waals surface area contributed by atoms with Crippen molar-refractivity contribution in [3.8, 4) is 17.2 Å². The zero-order valence-electron chi connectivity index (χ0n) is 16.6. The van der Waals surface area contributed by atoms with Crippen molar-refractivity contribution in [3.63, 3.8) is 0 Å². The molecule has 0 spiro atoms. The van der Waals surface area contributed by atoms with Gasteiger partial charge in [-0.15, -0.1) is 10.2 Å². The Balaban J connectivity index is 1.35. The van der Waals surface area contributed by atoms with Crippen LogP contribution in [0.15, 0.2) is 53.1 Å². The number of hydrogen-bond acceptors (Lipinski definition) is 6. The highest BCUT2D eigenvalue weighted by molar-refractivity contribution is 5.94. The average Bonchev–Trinajstić information content (AvgIpc) is 3.29. The first-order valence-electron chi connectivity index (χ1n) is 9.72. The molecular weight excluding hydrogens is 368 g/mol. The van der Waals surface area contributed by atoms with Crippen LogP contribution in [0.2, 0.25) is 0 Å². The molecule has 1 N–H and O–H groups in total. The minimum Gasteiger partial charge on any atom is -0.495 e. The van der Waals surface area contributed by atoms with Gasteiger partial charge in [0, 0.05) is 19.0 Å². The molecule has 0 unspecified atom stereocenters. The van der Waals surface area contributed by atoms with Gasteiger partial charge in [0.25, 0.3) is 0 Å². The lowest BCUT2D eigenvalue weighted by Gasteiger charge is -2.31. The van der Waals surface area contributed by atoms with Crippen molar-refractivity contribution in [1.82, 2.24) is 10.2 Å². The smallest absolute Gasteiger partial charge is 0.227 e. The van der Waals surface area contributed by atoms with E-state index in [0.29, 0.717) is 17.2 Å². The lowest BCUT2D eigenvalue weighted by Crippen LogP contribution is -2.38. The Kier molecular flexibility index (Phi) is 5.46. The number of nitrogens with zero attached hydrogens (tertiary/aromatic N) is 3. The Morgan fingerprint density at radius 1 is 1.17 bits per heavy atom. The predicted molar refractivity (Wildman–Crippen MR) is 111 cm³/mol. The largest absolute Gasteiger partial charge is 0.495 e. The van der Waals surface area contributed by atoms with E-state index < -0.39 is 0 Å². The Bertz CT molecular complexity index is 962. The first-order chi connectivity index (χ1) is 14.1. The lowest BCUT2D eigenvalue weighted by molar-refractivity contribution is -0.120. The molecule has 1 aliphatic heterocycles. The topological polar surface area (TPSA) is 80.5 Å². The number of piperidine rings is 1. The van der Waals surface area contributed by atoms with Crippen LogP contribution in [-0.2, 0) is 4.79 Å². The summed E-state index contributed by atoms with van der Waals surface area (Å²) < 4.78 is 10.7. The molecule has 0 radical (unpaired) electrons. The quantitative estimate of drug-likeness (QED) is 0.709. The first kappa shape index (κ1) is 19.0. The third kappa shape index (κ3) is 4.23. The van der Waals surface area contributed by atoms with Gasteiger partial charge in [-0.2, -0.15) is 0 Å². The van der Waals surface area contributed by atoms with Gasteiger partial charge in [0.05, 0.1) is 19.1 Å². The molecule has 3 aromatic rings. The monoisotopic (exact) mass is 392 g/mol. The maximum Gasteiger partial charge on any atom is 0.227 e. The van der Waals surface area contributed by atoms with Gasteiger partial charge in [-0.05, 0) is 61.7 Å². The summed E-state index contributed by atoms with van der Waals surface area (Å²) in [7, 11) is 1.61. The summed E-state index contributed by atoms with van der Waals surface area (Å²) in [5.74, 6) is 2.19. The standard InChI is InChI=1S/C22H24N4O3/c1-15-5-7-19(28-2)18(14-15)23-22(27)16-9-11-26(12-10-16)21-8-6-17(24-25-21)20-4-3-13-29-20/h3-8,13-14,16H,9-12H2,1-2H3,(H,23,27). The Morgan fingerprint density at radius 3 is 2.66 bits per heavy atom. The van der Waals surface area contributed by atoms with Crippen LogP contribution in [0.4, 0.5) is 11.5 Å². The van der Waals surface area contributed by atoms with E-state index in [1.807, 2.05) is 49.4 Å². The van der Waals surface area contributed by atoms with E-state index in [-0.39, 0.29) is 11.8 Å². The number of anilines is 2. The lowest BCUT2D eigenvalue weighted by atomic mass is 9.95. The van der Waals surface area contributed by atoms with E-state index in [0.717, 1.165) is 43.0 Å². The van der Waals surface area contributed by atoms with Crippen LogP contribution in [0.25, 0.3) is 11.5 Å². The predicted octanol–water partition coefficient (Wildman–Crippen LogP) is 3.91. The molecule has 7 heteroatoms. The third-order valence-corrected chi connectivity index (χ3v) is 5.23. The van der Waals surface area contributed by atoms with Gasteiger partial charge in [0.2, 0.25) is 5.91 Å². The van der Waals surface area contributed by atoms with Gasteiger partial charge in [-0.1, -0.05) is 6.07 Å². The second kappa shape index (κ2) is 8.34. The highest BCUT2D eigenvalue weighted by Crippen LogP contribution is 2.28. The number of aromatic nitrogens is 2. The van der Waals surface area contributed by atoms with Crippen LogP contribution in [0, 0.1) is 12.8 Å². The second-order valence-corrected chi connectivity index (χ2v) is 7.21. The fraction of sp³-hybridized carbons (Fsp3) is 0.318. The molecule has 0 bridgehead atoms. The summed E-state index contributed by atoms with van der Waals surface area (Å²) in [5, 5.41) is 11.6. The fourth-order valence-electron chi connectivity index (χ4n) is 3.57. The number of benzene rings is 1. The van der Waals surface area contributed by atoms with Crippen molar-refractivity contribution in [2.24, 2.45) is 5.92 Å². The highest BCUT2D eigenvalue weighted by atomic mass is 16.5. The van der Waals surface area contributed by atoms with Gasteiger partial charge in [0.15, 0.2) is 11.6 Å². The zero-order valence-corrected chi connectivity index (χ0v) is 16.6. The second-order valence-electron chi connectivity index (χ2n) is 7.21. The van der Waals surface area contributed by atoms with Gasteiger partial charge >= 0.3 is 0 Å². The highest BCUT2D eigenvalue weighted by Gasteiger charge is 2.26. The minimum absolute atomic E-state index is 0.0350. The van der Waals surface area contributed by atoms with E-state index in [9.17, 15) is 4.79 Å². The van der Waals surface area contributed by atoms with Crippen LogP contribution in [0.3, 0.4) is 0 Å². The van der Waals surface area contributed by atoms with Crippen LogP contribution in [0.1, 0.15) is 18.4 Å². The molecule has 29 heavy (non-hydrogen) atoms. The molecule has 2 aromatic heterocycles. The number of hydrogen-bond donors (Lipinski definition) is 1. The number of amides is 1. The van der Waals surface area contributed by atoms with Crippen molar-refractivity contribution < 1.29 is 13.9 Å². The van der Waals surface area contributed by atoms with Crippen LogP contribution in [-0.4, -0.2) is 36.3 Å². The van der Waals surface area contributed by atoms with Crippen LogP contribution < -0.4 is 15.0 Å². The summed E-state index contributed by atoms with van der Waals surface area (Å²) >= 11 is 0. The fourth-order valence-corrected chi connectivity index (χ4v) is 3.57. The number of aryl methyl sites for hydroxylation is 1. The first-order valence-corrected chi connectivity index (χ1v) is 9.72. The molecule has 1 aromatic carbocycles. The van der Waals surface area contributed by atoms with Crippen molar-refractivity contribution in [2.45, 2.75) is 19.8 Å². The molecule has 0 saturated carbocycles. The Morgan fingerprint density at radius 2 is 2.00 bits per heavy atom. The molecule has 150 valence electrons. The van der Waals surface area contributed by atoms with Crippen molar-refractivity contribution in [2.75, 3.05) is 30.4 Å². The van der Waals surface area contributed by atoms with E-state index in [1.165, 1.54) is 0 Å². The van der Waals surface area contributed by atoms with E-state index in [2.05, 4.69) is 20.4 Å². The molecule has 4 rings (SSSR count).